The molecule has 13 heavy (non-hydrogen) atoms. The molecule has 0 radical (unpaired) electrons. The molecule has 0 atom stereocenters. The summed E-state index contributed by atoms with van der Waals surface area (Å²) in [5, 5.41) is 13.3. The van der Waals surface area contributed by atoms with Gasteiger partial charge >= 0.3 is 0 Å². The second-order valence-corrected chi connectivity index (χ2v) is 2.40. The van der Waals surface area contributed by atoms with Crippen molar-refractivity contribution >= 4 is 11.0 Å². The smallest absolute Gasteiger partial charge is 0.243 e. The molecule has 5 nitrogen and oxygen atoms in total. The average Bonchev–Trinajstić information content (AvgIpc) is 2.56. The maximum absolute atomic E-state index is 8.70. The largest absolute Gasteiger partial charge is 0.479 e. The first kappa shape index (κ1) is 7.55. The molecule has 2 aromatic heterocycles. The van der Waals surface area contributed by atoms with Gasteiger partial charge in [-0.05, 0) is 12.1 Å². The molecule has 0 aromatic carbocycles. The number of fused-ring (bicyclic) bond motifs is 1. The van der Waals surface area contributed by atoms with Crippen LogP contribution in [0.2, 0.25) is 0 Å². The lowest BCUT2D eigenvalue weighted by Crippen LogP contribution is -1.91. The quantitative estimate of drug-likeness (QED) is 0.640. The van der Waals surface area contributed by atoms with E-state index in [9.17, 15) is 0 Å². The number of rotatable bonds is 1. The zero-order valence-electron chi connectivity index (χ0n) is 6.93. The second kappa shape index (κ2) is 2.75. The highest BCUT2D eigenvalue weighted by Gasteiger charge is 2.10. The molecular formula is C8H6N4O. The van der Waals surface area contributed by atoms with E-state index in [4.69, 9.17) is 10.00 Å². The lowest BCUT2D eigenvalue weighted by atomic mass is 10.3. The van der Waals surface area contributed by atoms with Crippen LogP contribution in [0.5, 0.6) is 5.88 Å². The molecule has 0 saturated carbocycles. The van der Waals surface area contributed by atoms with E-state index < -0.39 is 0 Å². The molecule has 0 saturated heterocycles. The van der Waals surface area contributed by atoms with Crippen LogP contribution in [-0.2, 0) is 0 Å². The van der Waals surface area contributed by atoms with Crippen LogP contribution in [0, 0.1) is 11.5 Å². The molecule has 0 aliphatic heterocycles. The molecule has 0 unspecified atom stereocenters. The minimum absolute atomic E-state index is 0.421. The first-order chi connectivity index (χ1) is 6.36. The van der Waals surface area contributed by atoms with Gasteiger partial charge in [0.25, 0.3) is 0 Å². The monoisotopic (exact) mass is 174 g/mol. The van der Waals surface area contributed by atoms with Gasteiger partial charge in [0, 0.05) is 6.20 Å². The highest BCUT2D eigenvalue weighted by molar-refractivity contribution is 5.81. The van der Waals surface area contributed by atoms with E-state index in [0.29, 0.717) is 11.5 Å². The average molecular weight is 174 g/mol. The van der Waals surface area contributed by atoms with Gasteiger partial charge in [0.1, 0.15) is 0 Å². The molecule has 0 spiro atoms. The van der Waals surface area contributed by atoms with Gasteiger partial charge in [-0.3, -0.25) is 0 Å². The van der Waals surface area contributed by atoms with Gasteiger partial charge in [-0.25, -0.2) is 4.98 Å². The molecule has 2 rings (SSSR count). The minimum Gasteiger partial charge on any atom is -0.479 e. The van der Waals surface area contributed by atoms with Crippen molar-refractivity contribution in [3.63, 3.8) is 0 Å². The van der Waals surface area contributed by atoms with E-state index in [0.717, 1.165) is 10.1 Å². The molecule has 64 valence electrons. The number of hydrogen-bond donors (Lipinski definition) is 0. The van der Waals surface area contributed by atoms with E-state index >= 15 is 0 Å². The maximum atomic E-state index is 8.70. The Hall–Kier alpha value is -2.09. The molecule has 2 aromatic rings. The summed E-state index contributed by atoms with van der Waals surface area (Å²) in [7, 11) is 1.51. The lowest BCUT2D eigenvalue weighted by molar-refractivity contribution is 0.398. The number of nitrogens with zero attached hydrogens (tertiary/aromatic N) is 4. The van der Waals surface area contributed by atoms with Gasteiger partial charge in [-0.15, -0.1) is 9.78 Å². The predicted molar refractivity (Wildman–Crippen MR) is 45.1 cm³/mol. The lowest BCUT2D eigenvalue weighted by Gasteiger charge is -1.90. The van der Waals surface area contributed by atoms with E-state index in [1.165, 1.54) is 7.11 Å². The van der Waals surface area contributed by atoms with Crippen molar-refractivity contribution in [1.82, 2.24) is 14.8 Å². The number of hydrogen-bond acceptors (Lipinski definition) is 4. The molecular weight excluding hydrogens is 168 g/mol. The van der Waals surface area contributed by atoms with Crippen LogP contribution in [0.15, 0.2) is 18.3 Å². The Labute approximate surface area is 74.2 Å². The standard InChI is InChI=1S/C8H6N4O/c1-13-8-6-3-2-4-10-7(6)12(5-9)11-8/h2-4H,1H3. The third kappa shape index (κ3) is 0.999. The molecule has 2 heterocycles. The summed E-state index contributed by atoms with van der Waals surface area (Å²) in [6.45, 7) is 0. The van der Waals surface area contributed by atoms with E-state index in [1.807, 2.05) is 12.3 Å². The van der Waals surface area contributed by atoms with Crippen molar-refractivity contribution in [2.75, 3.05) is 7.11 Å². The van der Waals surface area contributed by atoms with E-state index in [2.05, 4.69) is 10.1 Å². The molecule has 0 amide bonds. The van der Waals surface area contributed by atoms with Crippen LogP contribution in [0.1, 0.15) is 0 Å². The van der Waals surface area contributed by atoms with Crippen LogP contribution in [0.3, 0.4) is 0 Å². The Kier molecular flexibility index (Phi) is 1.60. The Morgan fingerprint density at radius 2 is 2.46 bits per heavy atom. The van der Waals surface area contributed by atoms with Crippen LogP contribution in [0.4, 0.5) is 0 Å². The molecule has 0 fully saturated rings. The number of aromatic nitrogens is 3. The fraction of sp³-hybridized carbons (Fsp3) is 0.125. The first-order valence-electron chi connectivity index (χ1n) is 3.64. The SMILES string of the molecule is COc1nn(C#N)c2ncccc12. The molecule has 5 heteroatoms. The van der Waals surface area contributed by atoms with E-state index in [1.54, 1.807) is 12.3 Å². The summed E-state index contributed by atoms with van der Waals surface area (Å²) in [6, 6.07) is 3.58. The Morgan fingerprint density at radius 1 is 1.62 bits per heavy atom. The summed E-state index contributed by atoms with van der Waals surface area (Å²) >= 11 is 0. The van der Waals surface area contributed by atoms with Crippen molar-refractivity contribution in [1.29, 1.82) is 5.26 Å². The van der Waals surface area contributed by atoms with Crippen LogP contribution >= 0.6 is 0 Å². The third-order valence-electron chi connectivity index (χ3n) is 1.70. The second-order valence-electron chi connectivity index (χ2n) is 2.40. The van der Waals surface area contributed by atoms with Crippen molar-refractivity contribution in [3.05, 3.63) is 18.3 Å². The third-order valence-corrected chi connectivity index (χ3v) is 1.70. The number of pyridine rings is 1. The fourth-order valence-corrected chi connectivity index (χ4v) is 1.15. The molecule has 0 N–H and O–H groups in total. The highest BCUT2D eigenvalue weighted by Crippen LogP contribution is 2.21. The van der Waals surface area contributed by atoms with Gasteiger partial charge in [-0.1, -0.05) is 0 Å². The zero-order valence-corrected chi connectivity index (χ0v) is 6.93. The first-order valence-corrected chi connectivity index (χ1v) is 3.64. The topological polar surface area (TPSA) is 63.7 Å². The summed E-state index contributed by atoms with van der Waals surface area (Å²) in [5.74, 6) is 0.421. The summed E-state index contributed by atoms with van der Waals surface area (Å²) in [4.78, 5) is 4.02. The van der Waals surface area contributed by atoms with Crippen LogP contribution < -0.4 is 4.74 Å². The summed E-state index contributed by atoms with van der Waals surface area (Å²) in [5.41, 5.74) is 0.516. The number of ether oxygens (including phenoxy) is 1. The van der Waals surface area contributed by atoms with E-state index in [-0.39, 0.29) is 0 Å². The van der Waals surface area contributed by atoms with Gasteiger partial charge in [0.2, 0.25) is 12.1 Å². The number of methoxy groups -OCH3 is 1. The minimum atomic E-state index is 0.421. The Bertz CT molecular complexity index is 482. The fourth-order valence-electron chi connectivity index (χ4n) is 1.15. The van der Waals surface area contributed by atoms with Crippen molar-refractivity contribution in [2.45, 2.75) is 0 Å². The van der Waals surface area contributed by atoms with Crippen LogP contribution in [-0.4, -0.2) is 21.9 Å². The number of nitriles is 1. The summed E-state index contributed by atoms with van der Waals surface area (Å²) < 4.78 is 6.12. The normalized spacial score (nSPS) is 9.85. The molecule has 0 aliphatic rings. The predicted octanol–water partition coefficient (Wildman–Crippen LogP) is 0.769. The summed E-state index contributed by atoms with van der Waals surface area (Å²) in [6.07, 6.45) is 3.50. The zero-order chi connectivity index (χ0) is 9.26. The van der Waals surface area contributed by atoms with Crippen LogP contribution in [0.25, 0.3) is 11.0 Å². The van der Waals surface area contributed by atoms with Gasteiger partial charge in [0.05, 0.1) is 12.5 Å². The Morgan fingerprint density at radius 3 is 3.15 bits per heavy atom. The van der Waals surface area contributed by atoms with Crippen molar-refractivity contribution in [2.24, 2.45) is 0 Å². The van der Waals surface area contributed by atoms with Crippen molar-refractivity contribution in [3.8, 4) is 12.1 Å². The van der Waals surface area contributed by atoms with Gasteiger partial charge < -0.3 is 4.74 Å². The van der Waals surface area contributed by atoms with Gasteiger partial charge in [0.15, 0.2) is 5.65 Å². The van der Waals surface area contributed by atoms with Crippen molar-refractivity contribution < 1.29 is 4.74 Å². The Balaban J connectivity index is 2.84. The molecule has 0 aliphatic carbocycles. The highest BCUT2D eigenvalue weighted by atomic mass is 16.5. The van der Waals surface area contributed by atoms with Gasteiger partial charge in [-0.2, -0.15) is 5.26 Å². The maximum Gasteiger partial charge on any atom is 0.243 e. The molecule has 0 bridgehead atoms.